The SMILES string of the molecule is Cc1nn(CC(=O)Nc2ccc(F)cc2Br)c(C)c1N. The van der Waals surface area contributed by atoms with Crippen LogP contribution in [0.25, 0.3) is 0 Å². The maximum absolute atomic E-state index is 13.0. The van der Waals surface area contributed by atoms with Crippen LogP contribution >= 0.6 is 15.9 Å². The smallest absolute Gasteiger partial charge is 0.246 e. The molecule has 0 fully saturated rings. The zero-order chi connectivity index (χ0) is 14.9. The zero-order valence-electron chi connectivity index (χ0n) is 11.1. The number of aromatic nitrogens is 2. The Kier molecular flexibility index (Phi) is 4.08. The van der Waals surface area contributed by atoms with E-state index in [1.165, 1.54) is 22.9 Å². The lowest BCUT2D eigenvalue weighted by atomic mass is 10.3. The summed E-state index contributed by atoms with van der Waals surface area (Å²) in [5, 5.41) is 6.87. The molecule has 20 heavy (non-hydrogen) atoms. The number of nitrogens with one attached hydrogen (secondary N) is 1. The van der Waals surface area contributed by atoms with Crippen LogP contribution in [0, 0.1) is 19.7 Å². The molecule has 5 nitrogen and oxygen atoms in total. The van der Waals surface area contributed by atoms with Crippen molar-refractivity contribution < 1.29 is 9.18 Å². The molecular weight excluding hydrogens is 327 g/mol. The van der Waals surface area contributed by atoms with Crippen LogP contribution in [0.15, 0.2) is 22.7 Å². The third-order valence-corrected chi connectivity index (χ3v) is 3.59. The number of nitrogen functional groups attached to an aromatic ring is 1. The van der Waals surface area contributed by atoms with Gasteiger partial charge >= 0.3 is 0 Å². The predicted octanol–water partition coefficient (Wildman–Crippen LogP) is 2.62. The number of hydrogen-bond acceptors (Lipinski definition) is 3. The Hall–Kier alpha value is -1.89. The number of benzene rings is 1. The fraction of sp³-hybridized carbons (Fsp3) is 0.231. The van der Waals surface area contributed by atoms with Gasteiger partial charge in [0.15, 0.2) is 0 Å². The second-order valence-electron chi connectivity index (χ2n) is 4.41. The van der Waals surface area contributed by atoms with Crippen molar-refractivity contribution in [2.24, 2.45) is 0 Å². The fourth-order valence-electron chi connectivity index (χ4n) is 1.78. The van der Waals surface area contributed by atoms with Crippen molar-refractivity contribution in [3.8, 4) is 0 Å². The molecule has 0 spiro atoms. The second kappa shape index (κ2) is 5.62. The van der Waals surface area contributed by atoms with Crippen LogP contribution in [0.3, 0.4) is 0 Å². The number of amides is 1. The highest BCUT2D eigenvalue weighted by atomic mass is 79.9. The molecule has 3 N–H and O–H groups in total. The van der Waals surface area contributed by atoms with Crippen molar-refractivity contribution in [1.29, 1.82) is 0 Å². The van der Waals surface area contributed by atoms with Crippen LogP contribution in [-0.4, -0.2) is 15.7 Å². The summed E-state index contributed by atoms with van der Waals surface area (Å²) in [7, 11) is 0. The average molecular weight is 341 g/mol. The molecule has 1 amide bonds. The van der Waals surface area contributed by atoms with Crippen molar-refractivity contribution in [2.75, 3.05) is 11.1 Å². The fourth-order valence-corrected chi connectivity index (χ4v) is 2.23. The lowest BCUT2D eigenvalue weighted by molar-refractivity contribution is -0.116. The van der Waals surface area contributed by atoms with Crippen LogP contribution in [-0.2, 0) is 11.3 Å². The molecule has 2 rings (SSSR count). The van der Waals surface area contributed by atoms with Gasteiger partial charge in [0, 0.05) is 4.47 Å². The first-order chi connectivity index (χ1) is 9.38. The Morgan fingerprint density at radius 3 is 2.75 bits per heavy atom. The van der Waals surface area contributed by atoms with Gasteiger partial charge in [-0.25, -0.2) is 4.39 Å². The number of nitrogens with zero attached hydrogens (tertiary/aromatic N) is 2. The summed E-state index contributed by atoms with van der Waals surface area (Å²) >= 11 is 3.19. The lowest BCUT2D eigenvalue weighted by Crippen LogP contribution is -2.20. The van der Waals surface area contributed by atoms with Crippen molar-refractivity contribution in [3.63, 3.8) is 0 Å². The monoisotopic (exact) mass is 340 g/mol. The van der Waals surface area contributed by atoms with E-state index in [0.29, 0.717) is 21.5 Å². The number of nitrogens with two attached hydrogens (primary N) is 1. The van der Waals surface area contributed by atoms with Crippen LogP contribution < -0.4 is 11.1 Å². The summed E-state index contributed by atoms with van der Waals surface area (Å²) in [6, 6.07) is 4.06. The number of carbonyl (C=O) groups excluding carboxylic acids is 1. The van der Waals surface area contributed by atoms with E-state index in [1.807, 2.05) is 0 Å². The molecule has 1 aromatic carbocycles. The van der Waals surface area contributed by atoms with E-state index in [1.54, 1.807) is 13.8 Å². The number of carbonyl (C=O) groups is 1. The summed E-state index contributed by atoms with van der Waals surface area (Å²) in [6.45, 7) is 3.64. The van der Waals surface area contributed by atoms with Gasteiger partial charge in [0.2, 0.25) is 5.91 Å². The van der Waals surface area contributed by atoms with Crippen LogP contribution in [0.1, 0.15) is 11.4 Å². The zero-order valence-corrected chi connectivity index (χ0v) is 12.7. The maximum atomic E-state index is 13.0. The van der Waals surface area contributed by atoms with Crippen LogP contribution in [0.5, 0.6) is 0 Å². The minimum Gasteiger partial charge on any atom is -0.396 e. The van der Waals surface area contributed by atoms with Gasteiger partial charge in [-0.3, -0.25) is 9.48 Å². The summed E-state index contributed by atoms with van der Waals surface area (Å²) in [6.07, 6.45) is 0. The molecule has 106 valence electrons. The van der Waals surface area contributed by atoms with Crippen molar-refractivity contribution in [2.45, 2.75) is 20.4 Å². The molecule has 2 aromatic rings. The largest absolute Gasteiger partial charge is 0.396 e. The quantitative estimate of drug-likeness (QED) is 0.901. The first-order valence-electron chi connectivity index (χ1n) is 5.93. The summed E-state index contributed by atoms with van der Waals surface area (Å²) in [5.74, 6) is -0.635. The molecule has 0 saturated heterocycles. The van der Waals surface area contributed by atoms with Gasteiger partial charge in [-0.15, -0.1) is 0 Å². The Morgan fingerprint density at radius 2 is 2.20 bits per heavy atom. The van der Waals surface area contributed by atoms with E-state index in [2.05, 4.69) is 26.3 Å². The van der Waals surface area contributed by atoms with Crippen molar-refractivity contribution >= 4 is 33.2 Å². The predicted molar refractivity (Wildman–Crippen MR) is 78.8 cm³/mol. The average Bonchev–Trinajstić information content (AvgIpc) is 2.61. The second-order valence-corrected chi connectivity index (χ2v) is 5.27. The van der Waals surface area contributed by atoms with E-state index in [0.717, 1.165) is 5.69 Å². The van der Waals surface area contributed by atoms with E-state index in [4.69, 9.17) is 5.73 Å². The molecule has 0 aliphatic heterocycles. The van der Waals surface area contributed by atoms with Crippen LogP contribution in [0.2, 0.25) is 0 Å². The number of halogens is 2. The molecule has 1 aromatic heterocycles. The molecule has 0 unspecified atom stereocenters. The minimum atomic E-state index is -0.374. The Balaban J connectivity index is 2.11. The Morgan fingerprint density at radius 1 is 1.50 bits per heavy atom. The highest BCUT2D eigenvalue weighted by molar-refractivity contribution is 9.10. The first kappa shape index (κ1) is 14.5. The molecule has 0 aliphatic rings. The molecule has 0 radical (unpaired) electrons. The molecule has 1 heterocycles. The van der Waals surface area contributed by atoms with Gasteiger partial charge < -0.3 is 11.1 Å². The molecule has 0 aliphatic carbocycles. The lowest BCUT2D eigenvalue weighted by Gasteiger charge is -2.08. The van der Waals surface area contributed by atoms with Crippen molar-refractivity contribution in [3.05, 3.63) is 39.9 Å². The van der Waals surface area contributed by atoms with Gasteiger partial charge in [-0.1, -0.05) is 0 Å². The number of anilines is 2. The molecule has 0 atom stereocenters. The van der Waals surface area contributed by atoms with Gasteiger partial charge in [0.1, 0.15) is 12.4 Å². The molecule has 0 saturated carbocycles. The summed E-state index contributed by atoms with van der Waals surface area (Å²) < 4.78 is 15.0. The van der Waals surface area contributed by atoms with E-state index < -0.39 is 0 Å². The standard InChI is InChI=1S/C13H14BrFN4O/c1-7-13(16)8(2)19(18-7)6-12(20)17-11-4-3-9(15)5-10(11)14/h3-5H,6,16H2,1-2H3,(H,17,20). The van der Waals surface area contributed by atoms with E-state index >= 15 is 0 Å². The molecule has 7 heteroatoms. The normalized spacial score (nSPS) is 10.6. The first-order valence-corrected chi connectivity index (χ1v) is 6.72. The van der Waals surface area contributed by atoms with Gasteiger partial charge in [-0.05, 0) is 48.0 Å². The van der Waals surface area contributed by atoms with Crippen LogP contribution in [0.4, 0.5) is 15.8 Å². The number of hydrogen-bond donors (Lipinski definition) is 2. The molecule has 0 bridgehead atoms. The van der Waals surface area contributed by atoms with E-state index in [9.17, 15) is 9.18 Å². The highest BCUT2D eigenvalue weighted by Crippen LogP contribution is 2.23. The molecular formula is C13H14BrFN4O. The minimum absolute atomic E-state index is 0.0493. The Bertz CT molecular complexity index is 669. The number of rotatable bonds is 3. The topological polar surface area (TPSA) is 72.9 Å². The maximum Gasteiger partial charge on any atom is 0.246 e. The van der Waals surface area contributed by atoms with Gasteiger partial charge in [-0.2, -0.15) is 5.10 Å². The number of aryl methyl sites for hydroxylation is 1. The summed E-state index contributed by atoms with van der Waals surface area (Å²) in [4.78, 5) is 12.0. The van der Waals surface area contributed by atoms with Gasteiger partial charge in [0.25, 0.3) is 0 Å². The highest BCUT2D eigenvalue weighted by Gasteiger charge is 2.12. The summed E-state index contributed by atoms with van der Waals surface area (Å²) in [5.41, 5.74) is 8.34. The third-order valence-electron chi connectivity index (χ3n) is 2.94. The Labute approximate surface area is 124 Å². The van der Waals surface area contributed by atoms with Crippen molar-refractivity contribution in [1.82, 2.24) is 9.78 Å². The van der Waals surface area contributed by atoms with E-state index in [-0.39, 0.29) is 18.3 Å². The van der Waals surface area contributed by atoms with Gasteiger partial charge in [0.05, 0.1) is 22.8 Å². The third kappa shape index (κ3) is 2.98.